The topological polar surface area (TPSA) is 47.0 Å². The summed E-state index contributed by atoms with van der Waals surface area (Å²) < 4.78 is 0. The van der Waals surface area contributed by atoms with E-state index in [9.17, 15) is 9.90 Å². The van der Waals surface area contributed by atoms with Crippen LogP contribution in [0, 0.1) is 5.92 Å². The average molecular weight is 372 g/mol. The minimum Gasteiger partial charge on any atom is -0.390 e. The second-order valence-electron chi connectivity index (χ2n) is 8.45. The first-order valence-electron chi connectivity index (χ1n) is 10.7. The lowest BCUT2D eigenvalue weighted by Gasteiger charge is -2.46. The Bertz CT molecular complexity index is 611. The van der Waals surface area contributed by atoms with Crippen LogP contribution < -0.4 is 0 Å². The van der Waals surface area contributed by atoms with Crippen LogP contribution in [0.3, 0.4) is 0 Å². The molecule has 0 bridgehead atoms. The van der Waals surface area contributed by atoms with E-state index in [2.05, 4.69) is 40.1 Å². The smallest absolute Gasteiger partial charge is 0.225 e. The Morgan fingerprint density at radius 3 is 2.37 bits per heavy atom. The van der Waals surface area contributed by atoms with Gasteiger partial charge in [-0.15, -0.1) is 0 Å². The van der Waals surface area contributed by atoms with Gasteiger partial charge in [0.25, 0.3) is 0 Å². The Labute approximate surface area is 162 Å². The molecule has 0 spiro atoms. The molecule has 148 valence electrons. The van der Waals surface area contributed by atoms with Crippen LogP contribution in [0.25, 0.3) is 0 Å². The average Bonchev–Trinajstić information content (AvgIpc) is 2.66. The zero-order valence-electron chi connectivity index (χ0n) is 16.3. The Balaban J connectivity index is 1.21. The summed E-state index contributed by atoms with van der Waals surface area (Å²) in [6.45, 7) is 6.62. The van der Waals surface area contributed by atoms with Crippen molar-refractivity contribution < 1.29 is 9.90 Å². The molecule has 1 saturated carbocycles. The van der Waals surface area contributed by atoms with Crippen molar-refractivity contribution in [3.05, 3.63) is 35.9 Å². The normalized spacial score (nSPS) is 28.1. The number of benzene rings is 1. The Hall–Kier alpha value is -1.43. The fraction of sp³-hybridized carbons (Fsp3) is 0.682. The number of piperazine rings is 1. The molecule has 3 fully saturated rings. The summed E-state index contributed by atoms with van der Waals surface area (Å²) in [7, 11) is 0. The van der Waals surface area contributed by atoms with Crippen molar-refractivity contribution in [3.63, 3.8) is 0 Å². The molecule has 1 aliphatic carbocycles. The fourth-order valence-corrected chi connectivity index (χ4v) is 4.71. The second-order valence-corrected chi connectivity index (χ2v) is 8.45. The highest BCUT2D eigenvalue weighted by molar-refractivity contribution is 5.79. The van der Waals surface area contributed by atoms with E-state index >= 15 is 0 Å². The highest BCUT2D eigenvalue weighted by Gasteiger charge is 2.37. The molecule has 0 unspecified atom stereocenters. The highest BCUT2D eigenvalue weighted by Crippen LogP contribution is 2.30. The molecular formula is C22H33N3O2. The van der Waals surface area contributed by atoms with Gasteiger partial charge in [0.05, 0.1) is 6.10 Å². The number of likely N-dealkylation sites (tertiary alicyclic amines) is 1. The van der Waals surface area contributed by atoms with Gasteiger partial charge in [-0.1, -0.05) is 36.8 Å². The van der Waals surface area contributed by atoms with E-state index in [1.54, 1.807) is 0 Å². The van der Waals surface area contributed by atoms with Gasteiger partial charge in [0.2, 0.25) is 5.91 Å². The van der Waals surface area contributed by atoms with E-state index < -0.39 is 6.10 Å². The van der Waals surface area contributed by atoms with Gasteiger partial charge in [0.15, 0.2) is 0 Å². The van der Waals surface area contributed by atoms with Crippen LogP contribution in [0.1, 0.15) is 31.2 Å². The van der Waals surface area contributed by atoms with E-state index in [4.69, 9.17) is 0 Å². The van der Waals surface area contributed by atoms with Crippen LogP contribution in [0.5, 0.6) is 0 Å². The largest absolute Gasteiger partial charge is 0.390 e. The monoisotopic (exact) mass is 371 g/mol. The van der Waals surface area contributed by atoms with Crippen LogP contribution >= 0.6 is 0 Å². The molecule has 1 amide bonds. The fourth-order valence-electron chi connectivity index (χ4n) is 4.71. The van der Waals surface area contributed by atoms with E-state index in [1.165, 1.54) is 12.0 Å². The molecule has 3 aliphatic rings. The number of rotatable bonds is 5. The molecular weight excluding hydrogens is 338 g/mol. The molecule has 2 atom stereocenters. The number of aliphatic hydroxyl groups excluding tert-OH is 1. The van der Waals surface area contributed by atoms with Crippen LogP contribution in [-0.4, -0.2) is 83.7 Å². The summed E-state index contributed by atoms with van der Waals surface area (Å²) >= 11 is 0. The molecule has 0 radical (unpaired) electrons. The minimum absolute atomic E-state index is 0.215. The number of nitrogens with zero attached hydrogens (tertiary/aromatic N) is 3. The molecule has 1 N–H and O–H groups in total. The maximum Gasteiger partial charge on any atom is 0.225 e. The van der Waals surface area contributed by atoms with Gasteiger partial charge in [-0.3, -0.25) is 9.69 Å². The summed E-state index contributed by atoms with van der Waals surface area (Å²) in [5, 5.41) is 10.7. The van der Waals surface area contributed by atoms with Gasteiger partial charge < -0.3 is 14.9 Å². The van der Waals surface area contributed by atoms with Crippen LogP contribution in [-0.2, 0) is 11.2 Å². The molecule has 4 rings (SSSR count). The maximum atomic E-state index is 12.4. The molecule has 5 heteroatoms. The van der Waals surface area contributed by atoms with Gasteiger partial charge >= 0.3 is 0 Å². The number of aliphatic hydroxyl groups is 1. The molecule has 2 aliphatic heterocycles. The van der Waals surface area contributed by atoms with Gasteiger partial charge in [-0.25, -0.2) is 0 Å². The maximum absolute atomic E-state index is 12.4. The summed E-state index contributed by atoms with van der Waals surface area (Å²) in [6.07, 6.45) is 4.87. The lowest BCUT2D eigenvalue weighted by molar-refractivity contribution is -0.143. The van der Waals surface area contributed by atoms with Crippen LogP contribution in [0.4, 0.5) is 0 Å². The van der Waals surface area contributed by atoms with E-state index in [0.717, 1.165) is 65.0 Å². The van der Waals surface area contributed by atoms with Crippen molar-refractivity contribution >= 4 is 5.91 Å². The van der Waals surface area contributed by atoms with E-state index in [1.807, 2.05) is 4.90 Å². The number of amides is 1. The number of piperidine rings is 1. The van der Waals surface area contributed by atoms with Gasteiger partial charge in [0, 0.05) is 57.8 Å². The summed E-state index contributed by atoms with van der Waals surface area (Å²) in [5.41, 5.74) is 1.40. The Morgan fingerprint density at radius 2 is 1.74 bits per heavy atom. The molecule has 1 aromatic rings. The van der Waals surface area contributed by atoms with Gasteiger partial charge in [-0.05, 0) is 31.2 Å². The van der Waals surface area contributed by atoms with Gasteiger partial charge in [-0.2, -0.15) is 0 Å². The van der Waals surface area contributed by atoms with Crippen LogP contribution in [0.15, 0.2) is 30.3 Å². The third-order valence-corrected chi connectivity index (χ3v) is 6.75. The Kier molecular flexibility index (Phi) is 6.11. The molecule has 0 aromatic heterocycles. The van der Waals surface area contributed by atoms with Crippen molar-refractivity contribution in [2.45, 2.75) is 44.2 Å². The first-order valence-corrected chi connectivity index (χ1v) is 10.7. The lowest BCUT2D eigenvalue weighted by Crippen LogP contribution is -2.60. The van der Waals surface area contributed by atoms with Crippen molar-refractivity contribution in [2.75, 3.05) is 45.8 Å². The van der Waals surface area contributed by atoms with Crippen molar-refractivity contribution in [1.82, 2.24) is 14.7 Å². The first kappa shape index (κ1) is 18.9. The minimum atomic E-state index is -0.404. The predicted octanol–water partition coefficient (Wildman–Crippen LogP) is 1.61. The van der Waals surface area contributed by atoms with Gasteiger partial charge in [0.1, 0.15) is 0 Å². The summed E-state index contributed by atoms with van der Waals surface area (Å²) in [6, 6.07) is 10.9. The van der Waals surface area contributed by atoms with Crippen molar-refractivity contribution in [3.8, 4) is 0 Å². The Morgan fingerprint density at radius 1 is 1.00 bits per heavy atom. The number of carbonyl (C=O) groups is 1. The SMILES string of the molecule is O=C(C1CCC1)N1CC[C@@H](N2CCN(CCc3ccccc3)CC2)[C@H](O)C1. The highest BCUT2D eigenvalue weighted by atomic mass is 16.3. The number of carbonyl (C=O) groups excluding carboxylic acids is 1. The molecule has 27 heavy (non-hydrogen) atoms. The summed E-state index contributed by atoms with van der Waals surface area (Å²) in [4.78, 5) is 19.3. The zero-order valence-corrected chi connectivity index (χ0v) is 16.3. The number of β-amino-alcohol motifs (C(OH)–C–C–N with tert-alkyl or cyclic N) is 1. The molecule has 2 heterocycles. The quantitative estimate of drug-likeness (QED) is 0.854. The third-order valence-electron chi connectivity index (χ3n) is 6.75. The molecule has 2 saturated heterocycles. The standard InChI is InChI=1S/C22H33N3O2/c26-21-17-25(22(27)19-7-4-8-19)12-10-20(21)24-15-13-23(14-16-24)11-9-18-5-2-1-3-6-18/h1-3,5-6,19-21,26H,4,7-17H2/t20-,21-/m1/s1. The van der Waals surface area contributed by atoms with E-state index in [0.29, 0.717) is 6.54 Å². The predicted molar refractivity (Wildman–Crippen MR) is 106 cm³/mol. The summed E-state index contributed by atoms with van der Waals surface area (Å²) in [5.74, 6) is 0.520. The first-order chi connectivity index (χ1) is 13.2. The van der Waals surface area contributed by atoms with Crippen LogP contribution in [0.2, 0.25) is 0 Å². The lowest BCUT2D eigenvalue weighted by atomic mass is 9.83. The van der Waals surface area contributed by atoms with Crippen molar-refractivity contribution in [2.24, 2.45) is 5.92 Å². The van der Waals surface area contributed by atoms with E-state index in [-0.39, 0.29) is 17.9 Å². The zero-order chi connectivity index (χ0) is 18.6. The molecule has 5 nitrogen and oxygen atoms in total. The number of hydrogen-bond acceptors (Lipinski definition) is 4. The van der Waals surface area contributed by atoms with Crippen molar-refractivity contribution in [1.29, 1.82) is 0 Å². The number of hydrogen-bond donors (Lipinski definition) is 1. The third kappa shape index (κ3) is 4.53. The second kappa shape index (κ2) is 8.72. The molecule has 1 aromatic carbocycles.